The molecule has 2 atom stereocenters. The van der Waals surface area contributed by atoms with Crippen LogP contribution in [0, 0.1) is 5.92 Å². The molecule has 3 aliphatic rings. The van der Waals surface area contributed by atoms with Crippen molar-refractivity contribution in [1.29, 1.82) is 0 Å². The molecule has 1 aromatic heterocycles. The molecule has 1 aromatic rings. The lowest BCUT2D eigenvalue weighted by molar-refractivity contribution is -0.132. The first kappa shape index (κ1) is 14.9. The summed E-state index contributed by atoms with van der Waals surface area (Å²) in [5, 5.41) is 3.65. The van der Waals surface area contributed by atoms with E-state index in [4.69, 9.17) is 0 Å². The Balaban J connectivity index is 1.27. The van der Waals surface area contributed by atoms with Gasteiger partial charge in [-0.3, -0.25) is 4.79 Å². The number of aromatic nitrogens is 2. The Morgan fingerprint density at radius 2 is 1.74 bits per heavy atom. The molecule has 6 nitrogen and oxygen atoms in total. The second-order valence-corrected chi connectivity index (χ2v) is 7.10. The smallest absolute Gasteiger partial charge is 0.225 e. The predicted octanol–water partition coefficient (Wildman–Crippen LogP) is 1.05. The Bertz CT molecular complexity index is 531. The molecule has 3 aliphatic heterocycles. The second-order valence-electron chi connectivity index (χ2n) is 7.10. The van der Waals surface area contributed by atoms with Gasteiger partial charge in [0.15, 0.2) is 0 Å². The van der Waals surface area contributed by atoms with Gasteiger partial charge in [-0.1, -0.05) is 0 Å². The van der Waals surface area contributed by atoms with E-state index in [0.29, 0.717) is 23.9 Å². The summed E-state index contributed by atoms with van der Waals surface area (Å²) in [5.74, 6) is 1.69. The maximum Gasteiger partial charge on any atom is 0.225 e. The number of nitrogens with one attached hydrogen (secondary N) is 1. The predicted molar refractivity (Wildman–Crippen MR) is 88.1 cm³/mol. The molecular formula is C17H25N5O. The number of rotatable bonds is 3. The van der Waals surface area contributed by atoms with Crippen LogP contribution in [0.2, 0.25) is 0 Å². The van der Waals surface area contributed by atoms with Crippen LogP contribution in [0.5, 0.6) is 0 Å². The van der Waals surface area contributed by atoms with Crippen molar-refractivity contribution >= 4 is 11.9 Å². The van der Waals surface area contributed by atoms with Crippen LogP contribution in [-0.2, 0) is 4.79 Å². The van der Waals surface area contributed by atoms with E-state index < -0.39 is 0 Å². The van der Waals surface area contributed by atoms with Crippen LogP contribution in [-0.4, -0.2) is 59.0 Å². The van der Waals surface area contributed by atoms with E-state index in [1.54, 1.807) is 12.4 Å². The van der Waals surface area contributed by atoms with Crippen molar-refractivity contribution < 1.29 is 4.79 Å². The molecule has 0 saturated carbocycles. The molecule has 3 fully saturated rings. The van der Waals surface area contributed by atoms with E-state index in [1.165, 1.54) is 25.7 Å². The van der Waals surface area contributed by atoms with Crippen LogP contribution in [0.4, 0.5) is 5.95 Å². The highest BCUT2D eigenvalue weighted by Crippen LogP contribution is 2.33. The van der Waals surface area contributed by atoms with Gasteiger partial charge in [-0.25, -0.2) is 9.97 Å². The highest BCUT2D eigenvalue weighted by molar-refractivity contribution is 5.76. The Morgan fingerprint density at radius 3 is 2.39 bits per heavy atom. The average molecular weight is 315 g/mol. The summed E-state index contributed by atoms with van der Waals surface area (Å²) in [6.07, 6.45) is 9.23. The van der Waals surface area contributed by atoms with Gasteiger partial charge in [0.2, 0.25) is 11.9 Å². The van der Waals surface area contributed by atoms with Gasteiger partial charge in [0.25, 0.3) is 0 Å². The number of fused-ring (bicyclic) bond motifs is 2. The molecule has 4 rings (SSSR count). The molecule has 0 radical (unpaired) electrons. The Kier molecular flexibility index (Phi) is 4.16. The zero-order chi connectivity index (χ0) is 15.6. The third-order valence-electron chi connectivity index (χ3n) is 5.50. The van der Waals surface area contributed by atoms with Crippen LogP contribution in [0.3, 0.4) is 0 Å². The minimum absolute atomic E-state index is 0.338. The average Bonchev–Trinajstić information content (AvgIpc) is 2.94. The molecule has 1 amide bonds. The Morgan fingerprint density at radius 1 is 1.09 bits per heavy atom. The highest BCUT2D eigenvalue weighted by Gasteiger charge is 2.35. The lowest BCUT2D eigenvalue weighted by Gasteiger charge is -2.36. The van der Waals surface area contributed by atoms with E-state index in [9.17, 15) is 4.79 Å². The SMILES string of the molecule is O=C(CC1CC2CCC(C1)N2)N1CCN(c2ncccn2)CC1. The fraction of sp³-hybridized carbons (Fsp3) is 0.706. The number of amides is 1. The van der Waals surface area contributed by atoms with Crippen molar-refractivity contribution in [2.45, 2.75) is 44.2 Å². The molecule has 124 valence electrons. The van der Waals surface area contributed by atoms with E-state index in [2.05, 4.69) is 20.2 Å². The lowest BCUT2D eigenvalue weighted by Crippen LogP contribution is -2.50. The maximum atomic E-state index is 12.6. The van der Waals surface area contributed by atoms with Crippen LogP contribution >= 0.6 is 0 Å². The van der Waals surface area contributed by atoms with Crippen molar-refractivity contribution in [3.63, 3.8) is 0 Å². The van der Waals surface area contributed by atoms with Gasteiger partial charge in [-0.15, -0.1) is 0 Å². The second kappa shape index (κ2) is 6.43. The normalized spacial score (nSPS) is 30.5. The zero-order valence-corrected chi connectivity index (χ0v) is 13.5. The number of hydrogen-bond acceptors (Lipinski definition) is 5. The fourth-order valence-corrected chi connectivity index (χ4v) is 4.33. The number of piperidine rings is 1. The van der Waals surface area contributed by atoms with Crippen LogP contribution < -0.4 is 10.2 Å². The summed E-state index contributed by atoms with van der Waals surface area (Å²) in [4.78, 5) is 25.4. The molecular weight excluding hydrogens is 290 g/mol. The van der Waals surface area contributed by atoms with Crippen molar-refractivity contribution in [3.8, 4) is 0 Å². The minimum Gasteiger partial charge on any atom is -0.339 e. The van der Waals surface area contributed by atoms with Gasteiger partial charge in [0.1, 0.15) is 0 Å². The van der Waals surface area contributed by atoms with Crippen LogP contribution in [0.15, 0.2) is 18.5 Å². The first-order valence-electron chi connectivity index (χ1n) is 8.84. The van der Waals surface area contributed by atoms with Gasteiger partial charge in [0.05, 0.1) is 0 Å². The molecule has 1 N–H and O–H groups in total. The van der Waals surface area contributed by atoms with E-state index in [-0.39, 0.29) is 0 Å². The summed E-state index contributed by atoms with van der Waals surface area (Å²) in [6, 6.07) is 3.16. The van der Waals surface area contributed by atoms with Gasteiger partial charge >= 0.3 is 0 Å². The molecule has 0 spiro atoms. The van der Waals surface area contributed by atoms with E-state index >= 15 is 0 Å². The molecule has 0 aliphatic carbocycles. The number of carbonyl (C=O) groups is 1. The third kappa shape index (κ3) is 3.32. The molecule has 0 aromatic carbocycles. The summed E-state index contributed by atoms with van der Waals surface area (Å²) < 4.78 is 0. The highest BCUT2D eigenvalue weighted by atomic mass is 16.2. The van der Waals surface area contributed by atoms with E-state index in [1.807, 2.05) is 11.0 Å². The minimum atomic E-state index is 0.338. The van der Waals surface area contributed by atoms with Gasteiger partial charge in [0, 0.05) is 57.1 Å². The number of anilines is 1. The zero-order valence-electron chi connectivity index (χ0n) is 13.5. The molecule has 4 heterocycles. The maximum absolute atomic E-state index is 12.6. The summed E-state index contributed by atoms with van der Waals surface area (Å²) in [6.45, 7) is 3.23. The molecule has 23 heavy (non-hydrogen) atoms. The quantitative estimate of drug-likeness (QED) is 0.903. The summed E-state index contributed by atoms with van der Waals surface area (Å²) >= 11 is 0. The fourth-order valence-electron chi connectivity index (χ4n) is 4.33. The Hall–Kier alpha value is -1.69. The Labute approximate surface area is 137 Å². The topological polar surface area (TPSA) is 61.4 Å². The largest absolute Gasteiger partial charge is 0.339 e. The van der Waals surface area contributed by atoms with Crippen LogP contribution in [0.25, 0.3) is 0 Å². The molecule has 2 unspecified atom stereocenters. The van der Waals surface area contributed by atoms with Gasteiger partial charge in [-0.2, -0.15) is 0 Å². The van der Waals surface area contributed by atoms with Gasteiger partial charge < -0.3 is 15.1 Å². The molecule has 2 bridgehead atoms. The molecule has 3 saturated heterocycles. The van der Waals surface area contributed by atoms with Crippen molar-refractivity contribution in [1.82, 2.24) is 20.2 Å². The van der Waals surface area contributed by atoms with Crippen LogP contribution in [0.1, 0.15) is 32.1 Å². The first-order chi connectivity index (χ1) is 11.3. The first-order valence-corrected chi connectivity index (χ1v) is 8.84. The van der Waals surface area contributed by atoms with Crippen molar-refractivity contribution in [2.24, 2.45) is 5.92 Å². The standard InChI is InChI=1S/C17H25N5O/c23-16(12-13-10-14-2-3-15(11-13)20-14)21-6-8-22(9-7-21)17-18-4-1-5-19-17/h1,4-5,13-15,20H,2-3,6-12H2. The van der Waals surface area contributed by atoms with Crippen molar-refractivity contribution in [2.75, 3.05) is 31.1 Å². The number of carbonyl (C=O) groups excluding carboxylic acids is 1. The lowest BCUT2D eigenvalue weighted by atomic mass is 9.89. The monoisotopic (exact) mass is 315 g/mol. The van der Waals surface area contributed by atoms with Crippen molar-refractivity contribution in [3.05, 3.63) is 18.5 Å². The van der Waals surface area contributed by atoms with Gasteiger partial charge in [-0.05, 0) is 37.7 Å². The number of nitrogens with zero attached hydrogens (tertiary/aromatic N) is 4. The summed E-state index contributed by atoms with van der Waals surface area (Å²) in [5.41, 5.74) is 0. The third-order valence-corrected chi connectivity index (χ3v) is 5.50. The summed E-state index contributed by atoms with van der Waals surface area (Å²) in [7, 11) is 0. The number of piperazine rings is 1. The number of hydrogen-bond donors (Lipinski definition) is 1. The molecule has 6 heteroatoms. The van der Waals surface area contributed by atoms with E-state index in [0.717, 1.165) is 38.5 Å².